The molecule has 0 saturated carbocycles. The molecule has 0 unspecified atom stereocenters. The number of nitrogens with one attached hydrogen (secondary N) is 2. The van der Waals surface area contributed by atoms with Crippen LogP contribution in [0.15, 0.2) is 41.6 Å². The summed E-state index contributed by atoms with van der Waals surface area (Å²) in [5.41, 5.74) is 1.55. The van der Waals surface area contributed by atoms with Gasteiger partial charge in [0.25, 0.3) is 5.76 Å². The monoisotopic (exact) mass is 388 g/mol. The van der Waals surface area contributed by atoms with Crippen molar-refractivity contribution in [2.75, 3.05) is 18.4 Å². The lowest BCUT2D eigenvalue weighted by atomic mass is 9.90. The largest absolute Gasteiger partial charge is 0.326 e. The van der Waals surface area contributed by atoms with Gasteiger partial charge < -0.3 is 10.6 Å². The van der Waals surface area contributed by atoms with Gasteiger partial charge >= 0.3 is 0 Å². The number of carbonyl (C=O) groups is 1. The van der Waals surface area contributed by atoms with Gasteiger partial charge in [0.1, 0.15) is 0 Å². The minimum absolute atomic E-state index is 0. The van der Waals surface area contributed by atoms with Crippen LogP contribution in [0.4, 0.5) is 14.5 Å². The quantitative estimate of drug-likeness (QED) is 0.773. The van der Waals surface area contributed by atoms with E-state index >= 15 is 0 Å². The summed E-state index contributed by atoms with van der Waals surface area (Å²) >= 11 is 0.464. The molecule has 1 aromatic heterocycles. The average Bonchev–Trinajstić information content (AvgIpc) is 3.15. The van der Waals surface area contributed by atoms with Crippen LogP contribution >= 0.6 is 24.2 Å². The van der Waals surface area contributed by atoms with Crippen LogP contribution in [0.5, 0.6) is 0 Å². The normalized spacial score (nSPS) is 19.7. The number of anilines is 1. The van der Waals surface area contributed by atoms with Crippen LogP contribution in [0.3, 0.4) is 0 Å². The van der Waals surface area contributed by atoms with E-state index in [4.69, 9.17) is 0 Å². The van der Waals surface area contributed by atoms with Gasteiger partial charge in [-0.1, -0.05) is 17.8 Å². The lowest BCUT2D eigenvalue weighted by Gasteiger charge is -2.17. The molecule has 0 radical (unpaired) electrons. The number of carbonyl (C=O) groups excluding carboxylic acids is 1. The van der Waals surface area contributed by atoms with Gasteiger partial charge in [-0.15, -0.1) is 12.4 Å². The Morgan fingerprint density at radius 1 is 1.44 bits per heavy atom. The SMILES string of the molecule is Cl.Cn1cc([C@H]2CNC[C@@H]2C(=O)Nc2cccc(SC(F)F)c2)cn1. The second-order valence-electron chi connectivity index (χ2n) is 5.71. The molecule has 1 amide bonds. The van der Waals surface area contributed by atoms with Crippen molar-refractivity contribution in [3.05, 3.63) is 42.2 Å². The van der Waals surface area contributed by atoms with Crippen LogP contribution in [0.25, 0.3) is 0 Å². The number of benzene rings is 1. The fraction of sp³-hybridized carbons (Fsp3) is 0.375. The van der Waals surface area contributed by atoms with Crippen molar-refractivity contribution in [2.24, 2.45) is 13.0 Å². The summed E-state index contributed by atoms with van der Waals surface area (Å²) in [5.74, 6) is -2.77. The second kappa shape index (κ2) is 8.64. The zero-order chi connectivity index (χ0) is 17.1. The summed E-state index contributed by atoms with van der Waals surface area (Å²) in [6.45, 7) is 1.29. The molecule has 1 aromatic carbocycles. The number of alkyl halides is 2. The van der Waals surface area contributed by atoms with E-state index < -0.39 is 5.76 Å². The van der Waals surface area contributed by atoms with Gasteiger partial charge in [-0.3, -0.25) is 9.48 Å². The van der Waals surface area contributed by atoms with E-state index in [1.54, 1.807) is 35.1 Å². The molecule has 0 bridgehead atoms. The van der Waals surface area contributed by atoms with Gasteiger partial charge in [0.05, 0.1) is 12.1 Å². The second-order valence-corrected chi connectivity index (χ2v) is 6.78. The Kier molecular flexibility index (Phi) is 6.80. The molecule has 2 N–H and O–H groups in total. The molecule has 1 saturated heterocycles. The van der Waals surface area contributed by atoms with Crippen molar-refractivity contribution >= 4 is 35.8 Å². The number of rotatable bonds is 5. The standard InChI is InChI=1S/C16H18F2N4OS.ClH/c1-22-9-10(6-20-22)13-7-19-8-14(13)15(23)21-11-3-2-4-12(5-11)24-16(17)18;/h2-6,9,13-14,16,19H,7-8H2,1H3,(H,21,23);1H/t13-,14+;/m1./s1. The molecule has 1 aliphatic rings. The van der Waals surface area contributed by atoms with Gasteiger partial charge in [0.2, 0.25) is 5.91 Å². The van der Waals surface area contributed by atoms with Gasteiger partial charge in [-0.25, -0.2) is 0 Å². The van der Waals surface area contributed by atoms with E-state index in [0.29, 0.717) is 35.4 Å². The first-order valence-corrected chi connectivity index (χ1v) is 8.46. The van der Waals surface area contributed by atoms with Crippen molar-refractivity contribution in [2.45, 2.75) is 16.6 Å². The first-order valence-electron chi connectivity index (χ1n) is 7.58. The highest BCUT2D eigenvalue weighted by Crippen LogP contribution is 2.30. The minimum Gasteiger partial charge on any atom is -0.326 e. The van der Waals surface area contributed by atoms with E-state index in [2.05, 4.69) is 15.7 Å². The van der Waals surface area contributed by atoms with Crippen molar-refractivity contribution < 1.29 is 13.6 Å². The summed E-state index contributed by atoms with van der Waals surface area (Å²) in [6.07, 6.45) is 3.69. The zero-order valence-corrected chi connectivity index (χ0v) is 15.1. The molecule has 0 aliphatic carbocycles. The molecule has 2 atom stereocenters. The molecule has 5 nitrogen and oxygen atoms in total. The molecule has 0 spiro atoms. The highest BCUT2D eigenvalue weighted by Gasteiger charge is 2.34. The number of aryl methyl sites for hydroxylation is 1. The van der Waals surface area contributed by atoms with E-state index in [0.717, 1.165) is 5.56 Å². The summed E-state index contributed by atoms with van der Waals surface area (Å²) in [7, 11) is 1.84. The van der Waals surface area contributed by atoms with Crippen LogP contribution in [0.1, 0.15) is 11.5 Å². The molecule has 1 fully saturated rings. The summed E-state index contributed by atoms with van der Waals surface area (Å²) in [5, 5.41) is 10.2. The third-order valence-electron chi connectivity index (χ3n) is 4.03. The predicted octanol–water partition coefficient (Wildman–Crippen LogP) is 3.10. The number of halogens is 3. The Bertz CT molecular complexity index is 728. The van der Waals surface area contributed by atoms with E-state index in [9.17, 15) is 13.6 Å². The molecule has 25 heavy (non-hydrogen) atoms. The minimum atomic E-state index is -2.48. The first kappa shape index (κ1) is 19.7. The molecular formula is C16H19ClF2N4OS. The van der Waals surface area contributed by atoms with Gasteiger partial charge in [-0.05, 0) is 23.8 Å². The Morgan fingerprint density at radius 3 is 2.92 bits per heavy atom. The smallest absolute Gasteiger partial charge is 0.288 e. The molecule has 1 aliphatic heterocycles. The maximum absolute atomic E-state index is 12.6. The van der Waals surface area contributed by atoms with E-state index in [-0.39, 0.29) is 30.2 Å². The number of hydrogen-bond donors (Lipinski definition) is 2. The Morgan fingerprint density at radius 2 is 2.24 bits per heavy atom. The molecule has 136 valence electrons. The third-order valence-corrected chi connectivity index (χ3v) is 4.73. The van der Waals surface area contributed by atoms with Crippen LogP contribution in [-0.4, -0.2) is 34.5 Å². The lowest BCUT2D eigenvalue weighted by Crippen LogP contribution is -2.28. The topological polar surface area (TPSA) is 59.0 Å². The first-order chi connectivity index (χ1) is 11.5. The summed E-state index contributed by atoms with van der Waals surface area (Å²) in [4.78, 5) is 13.0. The van der Waals surface area contributed by atoms with Crippen molar-refractivity contribution in [3.63, 3.8) is 0 Å². The highest BCUT2D eigenvalue weighted by atomic mass is 35.5. The maximum atomic E-state index is 12.6. The zero-order valence-electron chi connectivity index (χ0n) is 13.5. The summed E-state index contributed by atoms with van der Waals surface area (Å²) < 4.78 is 26.6. The third kappa shape index (κ3) is 4.93. The van der Waals surface area contributed by atoms with Crippen molar-refractivity contribution in [1.29, 1.82) is 0 Å². The number of amides is 1. The summed E-state index contributed by atoms with van der Waals surface area (Å²) in [6, 6.07) is 6.53. The van der Waals surface area contributed by atoms with E-state index in [1.807, 2.05) is 13.2 Å². The van der Waals surface area contributed by atoms with Crippen molar-refractivity contribution in [3.8, 4) is 0 Å². The number of nitrogens with zero attached hydrogens (tertiary/aromatic N) is 2. The van der Waals surface area contributed by atoms with Gasteiger partial charge in [-0.2, -0.15) is 13.9 Å². The Balaban J connectivity index is 0.00000225. The van der Waals surface area contributed by atoms with Crippen LogP contribution in [0, 0.1) is 5.92 Å². The lowest BCUT2D eigenvalue weighted by molar-refractivity contribution is -0.119. The van der Waals surface area contributed by atoms with Crippen LogP contribution in [-0.2, 0) is 11.8 Å². The average molecular weight is 389 g/mol. The predicted molar refractivity (Wildman–Crippen MR) is 96.5 cm³/mol. The van der Waals surface area contributed by atoms with Crippen LogP contribution in [0.2, 0.25) is 0 Å². The Labute approximate surface area is 155 Å². The molecule has 9 heteroatoms. The number of thioether (sulfide) groups is 1. The maximum Gasteiger partial charge on any atom is 0.288 e. The number of hydrogen-bond acceptors (Lipinski definition) is 4. The fourth-order valence-electron chi connectivity index (χ4n) is 2.92. The van der Waals surface area contributed by atoms with E-state index in [1.165, 1.54) is 0 Å². The van der Waals surface area contributed by atoms with Crippen molar-refractivity contribution in [1.82, 2.24) is 15.1 Å². The fourth-order valence-corrected chi connectivity index (χ4v) is 3.48. The molecule has 3 rings (SSSR count). The highest BCUT2D eigenvalue weighted by molar-refractivity contribution is 7.99. The van der Waals surface area contributed by atoms with Crippen LogP contribution < -0.4 is 10.6 Å². The van der Waals surface area contributed by atoms with Gasteiger partial charge in [0, 0.05) is 42.8 Å². The molecule has 2 aromatic rings. The molecular weight excluding hydrogens is 370 g/mol. The van der Waals surface area contributed by atoms with Gasteiger partial charge in [0.15, 0.2) is 0 Å². The molecule has 2 heterocycles. The Hall–Kier alpha value is -1.64. The number of aromatic nitrogens is 2.